The summed E-state index contributed by atoms with van der Waals surface area (Å²) in [5, 5.41) is 3.88. The average molecular weight is 479 g/mol. The van der Waals surface area contributed by atoms with E-state index in [0.29, 0.717) is 5.57 Å². The van der Waals surface area contributed by atoms with E-state index in [-0.39, 0.29) is 22.8 Å². The van der Waals surface area contributed by atoms with Gasteiger partial charge in [0.25, 0.3) is 0 Å². The SMILES string of the molecule is CS(=O)(=O)C1(c2cc(C(F)(F)F)nn2-c2ccccc2Cl)C=CC=C(c2ccccc2)C1. The predicted octanol–water partition coefficient (Wildman–Crippen LogP) is 5.83. The van der Waals surface area contributed by atoms with Crippen molar-refractivity contribution in [1.82, 2.24) is 9.78 Å². The molecule has 0 aliphatic heterocycles. The number of rotatable bonds is 4. The summed E-state index contributed by atoms with van der Waals surface area (Å²) in [4.78, 5) is 0. The van der Waals surface area contributed by atoms with Gasteiger partial charge in [-0.3, -0.25) is 0 Å². The van der Waals surface area contributed by atoms with E-state index < -0.39 is 26.5 Å². The van der Waals surface area contributed by atoms with Gasteiger partial charge in [0.15, 0.2) is 15.5 Å². The number of hydrogen-bond donors (Lipinski definition) is 0. The van der Waals surface area contributed by atoms with E-state index >= 15 is 0 Å². The number of halogens is 4. The number of allylic oxidation sites excluding steroid dienone is 3. The summed E-state index contributed by atoms with van der Waals surface area (Å²) in [6.45, 7) is 0. The first-order valence-corrected chi connectivity index (χ1v) is 11.9. The van der Waals surface area contributed by atoms with Crippen molar-refractivity contribution in [3.05, 3.63) is 101 Å². The van der Waals surface area contributed by atoms with Gasteiger partial charge >= 0.3 is 6.18 Å². The fourth-order valence-corrected chi connectivity index (χ4v) is 5.30. The van der Waals surface area contributed by atoms with Gasteiger partial charge in [0, 0.05) is 12.7 Å². The number of sulfone groups is 1. The first-order chi connectivity index (χ1) is 15.0. The van der Waals surface area contributed by atoms with Gasteiger partial charge in [0.05, 0.1) is 16.4 Å². The Hall–Kier alpha value is -2.84. The molecule has 1 unspecified atom stereocenters. The molecule has 0 bridgehead atoms. The van der Waals surface area contributed by atoms with Crippen molar-refractivity contribution in [1.29, 1.82) is 0 Å². The quantitative estimate of drug-likeness (QED) is 0.474. The molecule has 2 aromatic carbocycles. The van der Waals surface area contributed by atoms with E-state index in [2.05, 4.69) is 5.10 Å². The van der Waals surface area contributed by atoms with Crippen LogP contribution in [0.1, 0.15) is 23.4 Å². The number of hydrogen-bond acceptors (Lipinski definition) is 3. The summed E-state index contributed by atoms with van der Waals surface area (Å²) in [6, 6.07) is 16.1. The second-order valence-electron chi connectivity index (χ2n) is 7.53. The maximum Gasteiger partial charge on any atom is 0.435 e. The lowest BCUT2D eigenvalue weighted by atomic mass is 9.87. The normalized spacial score (nSPS) is 19.1. The largest absolute Gasteiger partial charge is 0.435 e. The van der Waals surface area contributed by atoms with Crippen LogP contribution in [-0.2, 0) is 20.8 Å². The lowest BCUT2D eigenvalue weighted by Crippen LogP contribution is -2.36. The molecule has 32 heavy (non-hydrogen) atoms. The molecule has 9 heteroatoms. The molecule has 0 saturated heterocycles. The average Bonchev–Trinajstić information content (AvgIpc) is 3.20. The number of nitrogens with zero attached hydrogens (tertiary/aromatic N) is 2. The Bertz CT molecular complexity index is 1330. The second kappa shape index (κ2) is 7.94. The molecule has 0 saturated carbocycles. The third-order valence-electron chi connectivity index (χ3n) is 5.44. The molecule has 1 atom stereocenters. The van der Waals surface area contributed by atoms with E-state index in [9.17, 15) is 21.6 Å². The highest BCUT2D eigenvalue weighted by molar-refractivity contribution is 7.91. The van der Waals surface area contributed by atoms with Gasteiger partial charge in [-0.25, -0.2) is 13.1 Å². The van der Waals surface area contributed by atoms with E-state index in [1.54, 1.807) is 24.3 Å². The van der Waals surface area contributed by atoms with Crippen LogP contribution in [0.3, 0.4) is 0 Å². The maximum absolute atomic E-state index is 13.6. The molecule has 0 fully saturated rings. The summed E-state index contributed by atoms with van der Waals surface area (Å²) in [5.74, 6) is 0. The number of para-hydroxylation sites is 1. The van der Waals surface area contributed by atoms with Crippen molar-refractivity contribution < 1.29 is 21.6 Å². The van der Waals surface area contributed by atoms with Crippen LogP contribution in [0, 0.1) is 0 Å². The molecule has 4 nitrogen and oxygen atoms in total. The smallest absolute Gasteiger partial charge is 0.234 e. The second-order valence-corrected chi connectivity index (χ2v) is 10.2. The standard InChI is InChI=1S/C23H18ClF3N2O2S/c1-32(30,31)22(13-7-10-17(15-22)16-8-3-2-4-9-16)21-14-20(23(25,26)27)28-29(21)19-12-6-5-11-18(19)24/h2-14H,15H2,1H3. The predicted molar refractivity (Wildman–Crippen MR) is 118 cm³/mol. The maximum atomic E-state index is 13.6. The Balaban J connectivity index is 1.99. The fourth-order valence-electron chi connectivity index (χ4n) is 3.82. The molecule has 0 amide bonds. The molecule has 166 valence electrons. The zero-order valence-corrected chi connectivity index (χ0v) is 18.4. The number of aromatic nitrogens is 2. The molecule has 0 spiro atoms. The Morgan fingerprint density at radius 3 is 2.34 bits per heavy atom. The van der Waals surface area contributed by atoms with E-state index in [0.717, 1.165) is 22.6 Å². The molecule has 1 aliphatic rings. The zero-order valence-electron chi connectivity index (χ0n) is 16.8. The van der Waals surface area contributed by atoms with Crippen LogP contribution in [0.4, 0.5) is 13.2 Å². The minimum atomic E-state index is -4.77. The van der Waals surface area contributed by atoms with Crippen molar-refractivity contribution in [3.8, 4) is 5.69 Å². The Kier molecular flexibility index (Phi) is 5.55. The van der Waals surface area contributed by atoms with Gasteiger partial charge in [-0.2, -0.15) is 18.3 Å². The van der Waals surface area contributed by atoms with Crippen LogP contribution in [0.15, 0.2) is 78.9 Å². The number of alkyl halides is 3. The van der Waals surface area contributed by atoms with Crippen LogP contribution in [0.5, 0.6) is 0 Å². The number of benzene rings is 2. The van der Waals surface area contributed by atoms with E-state index in [1.807, 2.05) is 30.3 Å². The van der Waals surface area contributed by atoms with Gasteiger partial charge in [0.2, 0.25) is 0 Å². The highest BCUT2D eigenvalue weighted by Gasteiger charge is 2.47. The molecule has 4 rings (SSSR count). The lowest BCUT2D eigenvalue weighted by Gasteiger charge is -2.33. The van der Waals surface area contributed by atoms with Gasteiger partial charge < -0.3 is 0 Å². The van der Waals surface area contributed by atoms with Crippen LogP contribution < -0.4 is 0 Å². The van der Waals surface area contributed by atoms with Gasteiger partial charge in [-0.15, -0.1) is 0 Å². The monoisotopic (exact) mass is 478 g/mol. The molecule has 1 heterocycles. The van der Waals surface area contributed by atoms with E-state index in [1.165, 1.54) is 18.2 Å². The Morgan fingerprint density at radius 2 is 1.72 bits per heavy atom. The molecule has 1 aliphatic carbocycles. The first kappa shape index (κ1) is 22.4. The Labute approximate surface area is 188 Å². The molecular weight excluding hydrogens is 461 g/mol. The molecular formula is C23H18ClF3N2O2S. The summed E-state index contributed by atoms with van der Waals surface area (Å²) in [7, 11) is -3.96. The first-order valence-electron chi connectivity index (χ1n) is 9.59. The third-order valence-corrected chi connectivity index (χ3v) is 7.57. The Morgan fingerprint density at radius 1 is 1.06 bits per heavy atom. The zero-order chi connectivity index (χ0) is 23.1. The van der Waals surface area contributed by atoms with Crippen molar-refractivity contribution in [3.63, 3.8) is 0 Å². The minimum absolute atomic E-state index is 0.0558. The van der Waals surface area contributed by atoms with Crippen LogP contribution >= 0.6 is 11.6 Å². The summed E-state index contributed by atoms with van der Waals surface area (Å²) >= 11 is 6.26. The topological polar surface area (TPSA) is 52.0 Å². The third kappa shape index (κ3) is 3.89. The van der Waals surface area contributed by atoms with Crippen molar-refractivity contribution >= 4 is 27.0 Å². The van der Waals surface area contributed by atoms with Crippen molar-refractivity contribution in [2.24, 2.45) is 0 Å². The molecule has 0 N–H and O–H groups in total. The minimum Gasteiger partial charge on any atom is -0.234 e. The van der Waals surface area contributed by atoms with Crippen LogP contribution in [0.25, 0.3) is 11.3 Å². The van der Waals surface area contributed by atoms with Crippen LogP contribution in [-0.4, -0.2) is 24.5 Å². The van der Waals surface area contributed by atoms with Crippen molar-refractivity contribution in [2.75, 3.05) is 6.26 Å². The van der Waals surface area contributed by atoms with Crippen molar-refractivity contribution in [2.45, 2.75) is 17.3 Å². The highest BCUT2D eigenvalue weighted by atomic mass is 35.5. The van der Waals surface area contributed by atoms with Crippen LogP contribution in [0.2, 0.25) is 5.02 Å². The molecule has 3 aromatic rings. The van der Waals surface area contributed by atoms with Gasteiger partial charge in [0.1, 0.15) is 4.75 Å². The molecule has 0 radical (unpaired) electrons. The lowest BCUT2D eigenvalue weighted by molar-refractivity contribution is -0.141. The summed E-state index contributed by atoms with van der Waals surface area (Å²) < 4.78 is 66.5. The molecule has 1 aromatic heterocycles. The van der Waals surface area contributed by atoms with Gasteiger partial charge in [-0.05, 0) is 29.3 Å². The fraction of sp³-hybridized carbons (Fsp3) is 0.174. The summed E-state index contributed by atoms with van der Waals surface area (Å²) in [6.07, 6.45) is 0.932. The van der Waals surface area contributed by atoms with Gasteiger partial charge in [-0.1, -0.05) is 72.3 Å². The summed E-state index contributed by atoms with van der Waals surface area (Å²) in [5.41, 5.74) is 0.300. The van der Waals surface area contributed by atoms with E-state index in [4.69, 9.17) is 11.6 Å². The highest BCUT2D eigenvalue weighted by Crippen LogP contribution is 2.45.